The predicted molar refractivity (Wildman–Crippen MR) is 63.8 cm³/mol. The minimum absolute atomic E-state index is 0.488. The number of nitrogens with one attached hydrogen (secondary N) is 2. The van der Waals surface area contributed by atoms with Crippen LogP contribution < -0.4 is 10.0 Å². The molecule has 2 saturated heterocycles. The lowest BCUT2D eigenvalue weighted by atomic mass is 10.1. The Kier molecular flexibility index (Phi) is 3.84. The van der Waals surface area contributed by atoms with E-state index in [2.05, 4.69) is 14.9 Å². The van der Waals surface area contributed by atoms with Gasteiger partial charge in [0.2, 0.25) is 10.0 Å². The van der Waals surface area contributed by atoms with Crippen molar-refractivity contribution < 1.29 is 8.42 Å². The quantitative estimate of drug-likeness (QED) is 0.635. The molecule has 0 aromatic carbocycles. The van der Waals surface area contributed by atoms with Crippen LogP contribution in [0.2, 0.25) is 0 Å². The zero-order chi connectivity index (χ0) is 11.6. The normalized spacial score (nSPS) is 30.8. The van der Waals surface area contributed by atoms with Crippen molar-refractivity contribution in [3.05, 3.63) is 0 Å². The Bertz CT molecular complexity index is 331. The molecule has 94 valence electrons. The topological polar surface area (TPSA) is 61.4 Å². The number of rotatable bonds is 5. The van der Waals surface area contributed by atoms with E-state index in [1.165, 1.54) is 38.6 Å². The molecule has 16 heavy (non-hydrogen) atoms. The number of hydrogen-bond donors (Lipinski definition) is 2. The third kappa shape index (κ3) is 3.16. The average Bonchev–Trinajstić information content (AvgIpc) is 2.73. The Morgan fingerprint density at radius 1 is 1.25 bits per heavy atom. The maximum absolute atomic E-state index is 10.9. The fourth-order valence-electron chi connectivity index (χ4n) is 2.81. The van der Waals surface area contributed by atoms with Crippen molar-refractivity contribution >= 4 is 10.0 Å². The summed E-state index contributed by atoms with van der Waals surface area (Å²) in [6.07, 6.45) is 4.99. The first-order valence-corrected chi connectivity index (χ1v) is 7.87. The van der Waals surface area contributed by atoms with E-state index in [9.17, 15) is 8.42 Å². The van der Waals surface area contributed by atoms with Crippen molar-refractivity contribution in [3.63, 3.8) is 0 Å². The first-order valence-electron chi connectivity index (χ1n) is 5.98. The number of hydrogen-bond acceptors (Lipinski definition) is 4. The van der Waals surface area contributed by atoms with Gasteiger partial charge in [-0.2, -0.15) is 0 Å². The molecular formula is C10H21N3O2S. The van der Waals surface area contributed by atoms with E-state index < -0.39 is 10.0 Å². The minimum Gasteiger partial charge on any atom is -0.311 e. The molecule has 2 N–H and O–H groups in total. The zero-order valence-corrected chi connectivity index (χ0v) is 10.6. The number of sulfonamides is 1. The molecule has 2 unspecified atom stereocenters. The van der Waals surface area contributed by atoms with E-state index in [1.807, 2.05) is 0 Å². The van der Waals surface area contributed by atoms with Gasteiger partial charge in [-0.15, -0.1) is 0 Å². The second-order valence-corrected chi connectivity index (χ2v) is 6.59. The highest BCUT2D eigenvalue weighted by molar-refractivity contribution is 7.88. The molecule has 2 fully saturated rings. The van der Waals surface area contributed by atoms with Crippen molar-refractivity contribution in [2.24, 2.45) is 0 Å². The third-order valence-corrected chi connectivity index (χ3v) is 4.23. The lowest BCUT2D eigenvalue weighted by Crippen LogP contribution is -2.42. The summed E-state index contributed by atoms with van der Waals surface area (Å²) in [4.78, 5) is 2.54. The highest BCUT2D eigenvalue weighted by atomic mass is 32.2. The van der Waals surface area contributed by atoms with Gasteiger partial charge in [-0.3, -0.25) is 4.90 Å². The van der Waals surface area contributed by atoms with Crippen molar-refractivity contribution in [3.8, 4) is 0 Å². The summed E-state index contributed by atoms with van der Waals surface area (Å²) < 4.78 is 24.2. The Labute approximate surface area is 97.6 Å². The number of nitrogens with zero attached hydrogens (tertiary/aromatic N) is 1. The molecule has 2 rings (SSSR count). The van der Waals surface area contributed by atoms with Crippen LogP contribution in [0.5, 0.6) is 0 Å². The molecule has 0 amide bonds. The smallest absolute Gasteiger partial charge is 0.208 e. The highest BCUT2D eigenvalue weighted by Gasteiger charge is 2.36. The van der Waals surface area contributed by atoms with Gasteiger partial charge < -0.3 is 5.32 Å². The van der Waals surface area contributed by atoms with Crippen LogP contribution in [0.1, 0.15) is 19.3 Å². The Balaban J connectivity index is 1.67. The summed E-state index contributed by atoms with van der Waals surface area (Å²) >= 11 is 0. The molecule has 0 saturated carbocycles. The fourth-order valence-corrected chi connectivity index (χ4v) is 3.29. The molecule has 0 radical (unpaired) electrons. The van der Waals surface area contributed by atoms with E-state index in [4.69, 9.17) is 0 Å². The van der Waals surface area contributed by atoms with Crippen molar-refractivity contribution in [2.45, 2.75) is 31.3 Å². The molecule has 5 nitrogen and oxygen atoms in total. The summed E-state index contributed by atoms with van der Waals surface area (Å²) in [6.45, 7) is 3.65. The first-order chi connectivity index (χ1) is 7.56. The van der Waals surface area contributed by atoms with Gasteiger partial charge in [0.05, 0.1) is 6.26 Å². The summed E-state index contributed by atoms with van der Waals surface area (Å²) in [7, 11) is -3.04. The van der Waals surface area contributed by atoms with Gasteiger partial charge in [0, 0.05) is 31.7 Å². The van der Waals surface area contributed by atoms with Crippen LogP contribution in [0.15, 0.2) is 0 Å². The summed E-state index contributed by atoms with van der Waals surface area (Å²) in [5, 5.41) is 3.46. The second-order valence-electron chi connectivity index (χ2n) is 4.76. The second kappa shape index (κ2) is 5.00. The van der Waals surface area contributed by atoms with Crippen LogP contribution in [0, 0.1) is 0 Å². The van der Waals surface area contributed by atoms with Crippen molar-refractivity contribution in [1.82, 2.24) is 14.9 Å². The predicted octanol–water partition coefficient (Wildman–Crippen LogP) is -0.638. The highest BCUT2D eigenvalue weighted by Crippen LogP contribution is 2.27. The zero-order valence-electron chi connectivity index (χ0n) is 9.78. The van der Waals surface area contributed by atoms with Crippen LogP contribution in [-0.4, -0.2) is 57.8 Å². The van der Waals surface area contributed by atoms with Crippen LogP contribution in [0.4, 0.5) is 0 Å². The molecular weight excluding hydrogens is 226 g/mol. The molecule has 6 heteroatoms. The SMILES string of the molecule is CS(=O)(=O)NCCNC1CCN2CCCC12. The minimum atomic E-state index is -3.04. The molecule has 0 spiro atoms. The van der Waals surface area contributed by atoms with Crippen LogP contribution in [-0.2, 0) is 10.0 Å². The van der Waals surface area contributed by atoms with E-state index in [1.54, 1.807) is 0 Å². The van der Waals surface area contributed by atoms with Crippen molar-refractivity contribution in [2.75, 3.05) is 32.4 Å². The standard InChI is InChI=1S/C10H21N3O2S/c1-16(14,15)12-6-5-11-9-4-8-13-7-2-3-10(9)13/h9-12H,2-8H2,1H3. The summed E-state index contributed by atoms with van der Waals surface area (Å²) in [5.41, 5.74) is 0. The van der Waals surface area contributed by atoms with E-state index in [0.29, 0.717) is 18.6 Å². The number of fused-ring (bicyclic) bond motifs is 1. The largest absolute Gasteiger partial charge is 0.311 e. The van der Waals surface area contributed by atoms with Gasteiger partial charge in [-0.25, -0.2) is 13.1 Å². The Morgan fingerprint density at radius 3 is 2.81 bits per heavy atom. The maximum Gasteiger partial charge on any atom is 0.208 e. The monoisotopic (exact) mass is 247 g/mol. The van der Waals surface area contributed by atoms with E-state index in [-0.39, 0.29) is 0 Å². The molecule has 2 atom stereocenters. The lowest BCUT2D eigenvalue weighted by molar-refractivity contribution is 0.299. The lowest BCUT2D eigenvalue weighted by Gasteiger charge is -2.21. The van der Waals surface area contributed by atoms with Gasteiger partial charge in [0.15, 0.2) is 0 Å². The van der Waals surface area contributed by atoms with Gasteiger partial charge in [-0.1, -0.05) is 0 Å². The maximum atomic E-state index is 10.9. The Morgan fingerprint density at radius 2 is 2.06 bits per heavy atom. The third-order valence-electron chi connectivity index (χ3n) is 3.50. The van der Waals surface area contributed by atoms with E-state index >= 15 is 0 Å². The molecule has 0 aromatic rings. The summed E-state index contributed by atoms with van der Waals surface area (Å²) in [5.74, 6) is 0. The molecule has 0 aliphatic carbocycles. The van der Waals surface area contributed by atoms with Crippen LogP contribution >= 0.6 is 0 Å². The first kappa shape index (κ1) is 12.3. The van der Waals surface area contributed by atoms with Gasteiger partial charge in [0.1, 0.15) is 0 Å². The van der Waals surface area contributed by atoms with Crippen LogP contribution in [0.3, 0.4) is 0 Å². The molecule has 2 aliphatic heterocycles. The van der Waals surface area contributed by atoms with Crippen molar-refractivity contribution in [1.29, 1.82) is 0 Å². The van der Waals surface area contributed by atoms with Gasteiger partial charge in [0.25, 0.3) is 0 Å². The van der Waals surface area contributed by atoms with Gasteiger partial charge >= 0.3 is 0 Å². The fraction of sp³-hybridized carbons (Fsp3) is 1.00. The average molecular weight is 247 g/mol. The molecule has 2 heterocycles. The molecule has 0 bridgehead atoms. The van der Waals surface area contributed by atoms with E-state index in [0.717, 1.165) is 6.54 Å². The molecule has 2 aliphatic rings. The molecule has 0 aromatic heterocycles. The summed E-state index contributed by atoms with van der Waals surface area (Å²) in [6, 6.07) is 1.25. The van der Waals surface area contributed by atoms with Gasteiger partial charge in [-0.05, 0) is 25.8 Å². The van der Waals surface area contributed by atoms with Crippen LogP contribution in [0.25, 0.3) is 0 Å². The Hall–Kier alpha value is -0.170.